The minimum Gasteiger partial charge on any atom is -0.355 e. The zero-order valence-corrected chi connectivity index (χ0v) is 12.3. The van der Waals surface area contributed by atoms with Crippen molar-refractivity contribution in [2.24, 2.45) is 5.73 Å². The van der Waals surface area contributed by atoms with Gasteiger partial charge in [-0.05, 0) is 57.3 Å². The Bertz CT molecular complexity index is 232. The van der Waals surface area contributed by atoms with Gasteiger partial charge in [0.15, 0.2) is 0 Å². The number of thioether (sulfide) groups is 1. The highest BCUT2D eigenvalue weighted by atomic mass is 32.2. The van der Waals surface area contributed by atoms with E-state index in [-0.39, 0.29) is 11.9 Å². The van der Waals surface area contributed by atoms with Gasteiger partial charge >= 0.3 is 0 Å². The first-order chi connectivity index (χ1) is 8.74. The number of hydrogen-bond donors (Lipinski definition) is 2. The number of likely N-dealkylation sites (tertiary alicyclic amines) is 1. The van der Waals surface area contributed by atoms with Gasteiger partial charge in [0, 0.05) is 6.54 Å². The van der Waals surface area contributed by atoms with E-state index in [0.29, 0.717) is 0 Å². The van der Waals surface area contributed by atoms with Crippen molar-refractivity contribution in [2.45, 2.75) is 38.1 Å². The molecule has 0 aromatic heterocycles. The van der Waals surface area contributed by atoms with E-state index >= 15 is 0 Å². The number of carbonyl (C=O) groups excluding carboxylic acids is 1. The first kappa shape index (κ1) is 15.8. The van der Waals surface area contributed by atoms with Gasteiger partial charge in [-0.3, -0.25) is 4.79 Å². The smallest absolute Gasteiger partial charge is 0.236 e. The quantitative estimate of drug-likeness (QED) is 0.649. The molecular formula is C13H27N3OS. The number of nitrogens with zero attached hydrogens (tertiary/aromatic N) is 1. The van der Waals surface area contributed by atoms with Crippen LogP contribution in [0.1, 0.15) is 32.1 Å². The summed E-state index contributed by atoms with van der Waals surface area (Å²) in [6, 6.07) is -0.340. The molecule has 1 heterocycles. The molecule has 0 radical (unpaired) electrons. The van der Waals surface area contributed by atoms with Gasteiger partial charge in [0.05, 0.1) is 6.04 Å². The van der Waals surface area contributed by atoms with Crippen LogP contribution in [0.4, 0.5) is 0 Å². The third-order valence-electron chi connectivity index (χ3n) is 3.37. The Labute approximate surface area is 115 Å². The molecule has 18 heavy (non-hydrogen) atoms. The molecule has 0 unspecified atom stereocenters. The predicted molar refractivity (Wildman–Crippen MR) is 78.9 cm³/mol. The fraction of sp³-hybridized carbons (Fsp3) is 0.923. The Morgan fingerprint density at radius 1 is 1.39 bits per heavy atom. The highest BCUT2D eigenvalue weighted by Crippen LogP contribution is 2.08. The fourth-order valence-corrected chi connectivity index (χ4v) is 2.69. The van der Waals surface area contributed by atoms with Gasteiger partial charge in [-0.15, -0.1) is 0 Å². The molecule has 1 fully saturated rings. The van der Waals surface area contributed by atoms with Gasteiger partial charge in [0.1, 0.15) is 0 Å². The van der Waals surface area contributed by atoms with Crippen LogP contribution in [0.2, 0.25) is 0 Å². The molecule has 3 N–H and O–H groups in total. The number of hydrogen-bond acceptors (Lipinski definition) is 4. The molecule has 0 saturated carbocycles. The Hall–Kier alpha value is -0.260. The SMILES string of the molecule is CSCC[C@H](N)C(=O)NCCCN1CCCCC1. The third-order valence-corrected chi connectivity index (χ3v) is 4.01. The van der Waals surface area contributed by atoms with Crippen LogP contribution in [-0.4, -0.2) is 55.0 Å². The van der Waals surface area contributed by atoms with Crippen LogP contribution in [0, 0.1) is 0 Å². The van der Waals surface area contributed by atoms with E-state index in [4.69, 9.17) is 5.73 Å². The fourth-order valence-electron chi connectivity index (χ4n) is 2.20. The second-order valence-electron chi connectivity index (χ2n) is 4.93. The molecule has 4 nitrogen and oxygen atoms in total. The van der Waals surface area contributed by atoms with Gasteiger partial charge in [0.2, 0.25) is 5.91 Å². The van der Waals surface area contributed by atoms with Crippen LogP contribution in [-0.2, 0) is 4.79 Å². The second kappa shape index (κ2) is 9.64. The van der Waals surface area contributed by atoms with Crippen molar-refractivity contribution < 1.29 is 4.79 Å². The maximum atomic E-state index is 11.6. The van der Waals surface area contributed by atoms with Crippen molar-refractivity contribution in [3.05, 3.63) is 0 Å². The second-order valence-corrected chi connectivity index (χ2v) is 5.92. The summed E-state index contributed by atoms with van der Waals surface area (Å²) in [4.78, 5) is 14.1. The molecule has 1 amide bonds. The molecule has 5 heteroatoms. The lowest BCUT2D eigenvalue weighted by Crippen LogP contribution is -2.42. The van der Waals surface area contributed by atoms with E-state index in [0.717, 1.165) is 31.7 Å². The summed E-state index contributed by atoms with van der Waals surface area (Å²) in [6.07, 6.45) is 7.85. The number of nitrogens with one attached hydrogen (secondary N) is 1. The predicted octanol–water partition coefficient (Wildman–Crippen LogP) is 1.06. The van der Waals surface area contributed by atoms with Gasteiger partial charge in [0.25, 0.3) is 0 Å². The summed E-state index contributed by atoms with van der Waals surface area (Å²) < 4.78 is 0. The number of piperidine rings is 1. The van der Waals surface area contributed by atoms with Gasteiger partial charge < -0.3 is 16.0 Å². The van der Waals surface area contributed by atoms with E-state index in [9.17, 15) is 4.79 Å². The van der Waals surface area contributed by atoms with Crippen molar-refractivity contribution in [3.63, 3.8) is 0 Å². The summed E-state index contributed by atoms with van der Waals surface area (Å²) in [5.74, 6) is 0.949. The first-order valence-electron chi connectivity index (χ1n) is 6.98. The van der Waals surface area contributed by atoms with Gasteiger partial charge in [-0.2, -0.15) is 11.8 Å². The summed E-state index contributed by atoms with van der Waals surface area (Å²) in [7, 11) is 0. The molecule has 106 valence electrons. The monoisotopic (exact) mass is 273 g/mol. The molecule has 1 aliphatic heterocycles. The first-order valence-corrected chi connectivity index (χ1v) is 8.38. The van der Waals surface area contributed by atoms with E-state index < -0.39 is 0 Å². The molecule has 1 atom stereocenters. The molecule has 0 aromatic carbocycles. The van der Waals surface area contributed by atoms with Crippen LogP contribution in [0.25, 0.3) is 0 Å². The lowest BCUT2D eigenvalue weighted by Gasteiger charge is -2.26. The molecule has 1 rings (SSSR count). The molecular weight excluding hydrogens is 246 g/mol. The molecule has 0 bridgehead atoms. The maximum Gasteiger partial charge on any atom is 0.236 e. The Morgan fingerprint density at radius 3 is 2.78 bits per heavy atom. The van der Waals surface area contributed by atoms with Gasteiger partial charge in [-0.1, -0.05) is 6.42 Å². The molecule has 0 aromatic rings. The number of amides is 1. The zero-order chi connectivity index (χ0) is 13.2. The van der Waals surface area contributed by atoms with Crippen LogP contribution >= 0.6 is 11.8 Å². The summed E-state index contributed by atoms with van der Waals surface area (Å²) >= 11 is 1.73. The molecule has 0 aliphatic carbocycles. The maximum absolute atomic E-state index is 11.6. The Balaban J connectivity index is 2.00. The van der Waals surface area contributed by atoms with Crippen LogP contribution in [0.15, 0.2) is 0 Å². The molecule has 1 aliphatic rings. The van der Waals surface area contributed by atoms with Crippen molar-refractivity contribution in [2.75, 3.05) is 38.2 Å². The van der Waals surface area contributed by atoms with Crippen molar-refractivity contribution >= 4 is 17.7 Å². The van der Waals surface area contributed by atoms with Crippen molar-refractivity contribution in [3.8, 4) is 0 Å². The van der Waals surface area contributed by atoms with Crippen LogP contribution in [0.3, 0.4) is 0 Å². The van der Waals surface area contributed by atoms with Crippen molar-refractivity contribution in [1.82, 2.24) is 10.2 Å². The summed E-state index contributed by atoms with van der Waals surface area (Å²) in [6.45, 7) is 4.30. The van der Waals surface area contributed by atoms with Crippen LogP contribution in [0.5, 0.6) is 0 Å². The lowest BCUT2D eigenvalue weighted by atomic mass is 10.1. The minimum atomic E-state index is -0.340. The van der Waals surface area contributed by atoms with Crippen LogP contribution < -0.4 is 11.1 Å². The molecule has 1 saturated heterocycles. The highest BCUT2D eigenvalue weighted by molar-refractivity contribution is 7.98. The lowest BCUT2D eigenvalue weighted by molar-refractivity contribution is -0.122. The number of rotatable bonds is 8. The number of carbonyl (C=O) groups is 1. The van der Waals surface area contributed by atoms with E-state index in [1.165, 1.54) is 32.4 Å². The minimum absolute atomic E-state index is 0.00249. The zero-order valence-electron chi connectivity index (χ0n) is 11.5. The standard InChI is InChI=1S/C13H27N3OS/c1-18-11-6-12(14)13(17)15-7-5-10-16-8-3-2-4-9-16/h12H,2-11,14H2,1H3,(H,15,17)/t12-/m0/s1. The third kappa shape index (κ3) is 6.61. The summed E-state index contributed by atoms with van der Waals surface area (Å²) in [5, 5.41) is 2.93. The molecule has 0 spiro atoms. The van der Waals surface area contributed by atoms with E-state index in [1.54, 1.807) is 11.8 Å². The normalized spacial score (nSPS) is 18.6. The topological polar surface area (TPSA) is 58.4 Å². The average molecular weight is 273 g/mol. The number of nitrogens with two attached hydrogens (primary N) is 1. The average Bonchev–Trinajstić information content (AvgIpc) is 2.41. The van der Waals surface area contributed by atoms with E-state index in [1.807, 2.05) is 6.26 Å². The summed E-state index contributed by atoms with van der Waals surface area (Å²) in [5.41, 5.74) is 5.79. The van der Waals surface area contributed by atoms with E-state index in [2.05, 4.69) is 10.2 Å². The van der Waals surface area contributed by atoms with Gasteiger partial charge in [-0.25, -0.2) is 0 Å². The highest BCUT2D eigenvalue weighted by Gasteiger charge is 2.12. The Kier molecular flexibility index (Phi) is 8.46. The largest absolute Gasteiger partial charge is 0.355 e. The Morgan fingerprint density at radius 2 is 2.11 bits per heavy atom. The van der Waals surface area contributed by atoms with Crippen molar-refractivity contribution in [1.29, 1.82) is 0 Å².